The first-order valence-corrected chi connectivity index (χ1v) is 6.07. The van der Waals surface area contributed by atoms with Crippen LogP contribution in [-0.2, 0) is 4.74 Å². The minimum atomic E-state index is -0.493. The van der Waals surface area contributed by atoms with Gasteiger partial charge in [0.2, 0.25) is 0 Å². The molecule has 0 aliphatic heterocycles. The van der Waals surface area contributed by atoms with Crippen molar-refractivity contribution in [3.05, 3.63) is 30.0 Å². The van der Waals surface area contributed by atoms with Crippen LogP contribution >= 0.6 is 0 Å². The largest absolute Gasteiger partial charge is 0.494 e. The zero-order valence-electron chi connectivity index (χ0n) is 10.8. The summed E-state index contributed by atoms with van der Waals surface area (Å²) in [6.07, 6.45) is 0. The molecule has 0 aliphatic carbocycles. The molecule has 19 heavy (non-hydrogen) atoms. The Morgan fingerprint density at radius 2 is 2.11 bits per heavy atom. The second kappa shape index (κ2) is 5.99. The number of nitrogens with zero attached hydrogens (tertiary/aromatic N) is 2. The van der Waals surface area contributed by atoms with E-state index in [0.29, 0.717) is 18.9 Å². The second-order valence-electron chi connectivity index (χ2n) is 3.70. The van der Waals surface area contributed by atoms with Crippen molar-refractivity contribution in [3.63, 3.8) is 0 Å². The van der Waals surface area contributed by atoms with Crippen molar-refractivity contribution >= 4 is 5.97 Å². The van der Waals surface area contributed by atoms with E-state index in [1.165, 1.54) is 0 Å². The third-order valence-electron chi connectivity index (χ3n) is 2.44. The van der Waals surface area contributed by atoms with E-state index in [0.717, 1.165) is 11.3 Å². The number of carbonyl (C=O) groups is 1. The summed E-state index contributed by atoms with van der Waals surface area (Å²) in [6, 6.07) is 7.33. The SMILES string of the molecule is CCOC(=O)c1n[nH]nc1-c1cccc(OCC)c1. The predicted molar refractivity (Wildman–Crippen MR) is 68.9 cm³/mol. The summed E-state index contributed by atoms with van der Waals surface area (Å²) in [5, 5.41) is 10.3. The van der Waals surface area contributed by atoms with Crippen LogP contribution in [-0.4, -0.2) is 34.6 Å². The molecule has 0 amide bonds. The van der Waals surface area contributed by atoms with E-state index in [4.69, 9.17) is 9.47 Å². The Bertz CT molecular complexity index is 566. The molecule has 1 N–H and O–H groups in total. The van der Waals surface area contributed by atoms with Crippen LogP contribution in [0.2, 0.25) is 0 Å². The second-order valence-corrected chi connectivity index (χ2v) is 3.70. The summed E-state index contributed by atoms with van der Waals surface area (Å²) in [7, 11) is 0. The van der Waals surface area contributed by atoms with Gasteiger partial charge in [-0.05, 0) is 26.0 Å². The lowest BCUT2D eigenvalue weighted by molar-refractivity contribution is 0.0520. The van der Waals surface area contributed by atoms with Crippen molar-refractivity contribution in [2.75, 3.05) is 13.2 Å². The summed E-state index contributed by atoms with van der Waals surface area (Å²) >= 11 is 0. The molecule has 0 radical (unpaired) electrons. The quantitative estimate of drug-likeness (QED) is 0.833. The number of aromatic amines is 1. The van der Waals surface area contributed by atoms with Gasteiger partial charge in [-0.3, -0.25) is 0 Å². The Labute approximate surface area is 110 Å². The lowest BCUT2D eigenvalue weighted by atomic mass is 10.1. The highest BCUT2D eigenvalue weighted by Crippen LogP contribution is 2.24. The molecule has 2 rings (SSSR count). The Morgan fingerprint density at radius 3 is 2.84 bits per heavy atom. The normalized spacial score (nSPS) is 10.2. The van der Waals surface area contributed by atoms with Crippen molar-refractivity contribution in [2.24, 2.45) is 0 Å². The molecule has 1 heterocycles. The van der Waals surface area contributed by atoms with Crippen LogP contribution in [0.1, 0.15) is 24.3 Å². The van der Waals surface area contributed by atoms with Crippen molar-refractivity contribution < 1.29 is 14.3 Å². The molecule has 100 valence electrons. The Morgan fingerprint density at radius 1 is 1.26 bits per heavy atom. The average molecular weight is 261 g/mol. The zero-order valence-corrected chi connectivity index (χ0v) is 10.8. The first-order valence-electron chi connectivity index (χ1n) is 6.07. The van der Waals surface area contributed by atoms with Gasteiger partial charge in [0.1, 0.15) is 11.4 Å². The molecular weight excluding hydrogens is 246 g/mol. The number of carbonyl (C=O) groups excluding carboxylic acids is 1. The van der Waals surface area contributed by atoms with E-state index in [1.54, 1.807) is 6.92 Å². The van der Waals surface area contributed by atoms with Gasteiger partial charge in [-0.15, -0.1) is 5.10 Å². The van der Waals surface area contributed by atoms with Gasteiger partial charge >= 0.3 is 5.97 Å². The van der Waals surface area contributed by atoms with E-state index in [1.807, 2.05) is 31.2 Å². The third-order valence-corrected chi connectivity index (χ3v) is 2.44. The van der Waals surface area contributed by atoms with Crippen molar-refractivity contribution in [3.8, 4) is 17.0 Å². The molecule has 0 fully saturated rings. The summed E-state index contributed by atoms with van der Waals surface area (Å²) in [5.41, 5.74) is 1.39. The summed E-state index contributed by atoms with van der Waals surface area (Å²) in [6.45, 7) is 4.53. The monoisotopic (exact) mass is 261 g/mol. The minimum Gasteiger partial charge on any atom is -0.494 e. The van der Waals surface area contributed by atoms with Crippen LogP contribution in [0.5, 0.6) is 5.75 Å². The Balaban J connectivity index is 2.34. The molecule has 0 atom stereocenters. The first kappa shape index (κ1) is 13.1. The first-order chi connectivity index (χ1) is 9.26. The number of rotatable bonds is 5. The number of ether oxygens (including phenoxy) is 2. The van der Waals surface area contributed by atoms with Gasteiger partial charge < -0.3 is 9.47 Å². The van der Waals surface area contributed by atoms with Crippen molar-refractivity contribution in [1.82, 2.24) is 15.4 Å². The van der Waals surface area contributed by atoms with Gasteiger partial charge in [0.05, 0.1) is 13.2 Å². The predicted octanol–water partition coefficient (Wildman–Crippen LogP) is 2.05. The van der Waals surface area contributed by atoms with Crippen LogP contribution in [0.25, 0.3) is 11.3 Å². The average Bonchev–Trinajstić information content (AvgIpc) is 2.89. The highest BCUT2D eigenvalue weighted by molar-refractivity contribution is 5.93. The van der Waals surface area contributed by atoms with Crippen LogP contribution < -0.4 is 4.74 Å². The molecule has 0 spiro atoms. The Kier molecular flexibility index (Phi) is 4.12. The van der Waals surface area contributed by atoms with Crippen molar-refractivity contribution in [1.29, 1.82) is 0 Å². The topological polar surface area (TPSA) is 77.1 Å². The smallest absolute Gasteiger partial charge is 0.361 e. The van der Waals surface area contributed by atoms with Crippen LogP contribution in [0.4, 0.5) is 0 Å². The standard InChI is InChI=1S/C13H15N3O3/c1-3-18-10-7-5-6-9(8-10)11-12(15-16-14-11)13(17)19-4-2/h5-8H,3-4H2,1-2H3,(H,14,15,16). The van der Waals surface area contributed by atoms with E-state index in [2.05, 4.69) is 15.4 Å². The van der Waals surface area contributed by atoms with E-state index in [9.17, 15) is 4.79 Å². The van der Waals surface area contributed by atoms with Crippen LogP contribution in [0, 0.1) is 0 Å². The zero-order chi connectivity index (χ0) is 13.7. The molecule has 0 saturated heterocycles. The number of aromatic nitrogens is 3. The molecule has 0 saturated carbocycles. The highest BCUT2D eigenvalue weighted by Gasteiger charge is 2.19. The molecule has 6 nitrogen and oxygen atoms in total. The lowest BCUT2D eigenvalue weighted by Gasteiger charge is -2.05. The van der Waals surface area contributed by atoms with Gasteiger partial charge in [0.15, 0.2) is 5.69 Å². The molecule has 1 aromatic carbocycles. The van der Waals surface area contributed by atoms with Crippen LogP contribution in [0.3, 0.4) is 0 Å². The van der Waals surface area contributed by atoms with Crippen LogP contribution in [0.15, 0.2) is 24.3 Å². The number of nitrogens with one attached hydrogen (secondary N) is 1. The fourth-order valence-corrected chi connectivity index (χ4v) is 1.67. The molecule has 0 unspecified atom stereocenters. The number of hydrogen-bond donors (Lipinski definition) is 1. The fourth-order valence-electron chi connectivity index (χ4n) is 1.67. The van der Waals surface area contributed by atoms with E-state index >= 15 is 0 Å². The number of esters is 1. The molecule has 6 heteroatoms. The maximum atomic E-state index is 11.7. The lowest BCUT2D eigenvalue weighted by Crippen LogP contribution is -2.06. The highest BCUT2D eigenvalue weighted by atomic mass is 16.5. The molecule has 1 aromatic heterocycles. The third kappa shape index (κ3) is 2.90. The summed E-state index contributed by atoms with van der Waals surface area (Å²) in [5.74, 6) is 0.228. The van der Waals surface area contributed by atoms with Gasteiger partial charge in [0, 0.05) is 5.56 Å². The summed E-state index contributed by atoms with van der Waals surface area (Å²) in [4.78, 5) is 11.7. The number of hydrogen-bond acceptors (Lipinski definition) is 5. The van der Waals surface area contributed by atoms with Crippen molar-refractivity contribution in [2.45, 2.75) is 13.8 Å². The molecule has 2 aromatic rings. The molecular formula is C13H15N3O3. The molecule has 0 bridgehead atoms. The minimum absolute atomic E-state index is 0.176. The maximum absolute atomic E-state index is 11.7. The Hall–Kier alpha value is -2.37. The van der Waals surface area contributed by atoms with Gasteiger partial charge in [0.25, 0.3) is 0 Å². The fraction of sp³-hybridized carbons (Fsp3) is 0.308. The van der Waals surface area contributed by atoms with Gasteiger partial charge in [-0.1, -0.05) is 12.1 Å². The maximum Gasteiger partial charge on any atom is 0.361 e. The van der Waals surface area contributed by atoms with Gasteiger partial charge in [-0.25, -0.2) is 4.79 Å². The van der Waals surface area contributed by atoms with E-state index in [-0.39, 0.29) is 5.69 Å². The summed E-state index contributed by atoms with van der Waals surface area (Å²) < 4.78 is 10.4. The molecule has 0 aliphatic rings. The number of H-pyrrole nitrogens is 1. The van der Waals surface area contributed by atoms with Gasteiger partial charge in [-0.2, -0.15) is 10.3 Å². The van der Waals surface area contributed by atoms with E-state index < -0.39 is 5.97 Å². The number of benzene rings is 1.